The molecule has 2 amide bonds. The number of para-hydroxylation sites is 1. The van der Waals surface area contributed by atoms with E-state index in [0.717, 1.165) is 17.0 Å². The quantitative estimate of drug-likeness (QED) is 0.562. The van der Waals surface area contributed by atoms with Gasteiger partial charge in [0, 0.05) is 11.3 Å². The van der Waals surface area contributed by atoms with Crippen molar-refractivity contribution in [1.29, 1.82) is 0 Å². The Bertz CT molecular complexity index is 1450. The smallest absolute Gasteiger partial charge is 0.274 e. The standard InChI is InChI=1S/C23H15ClF2N2O4S/c24-18-11-16(8-9-19(18)26)28-21(29)13-33(31,32)23(28)17-6-1-2-7-20(17)27(22(23)30)12-14-4-3-5-15(25)10-14/h1-11H,12-13H2/t23-/m0/s1. The number of nitrogens with zero attached hydrogens (tertiary/aromatic N) is 2. The van der Waals surface area contributed by atoms with Crippen LogP contribution in [0.4, 0.5) is 20.2 Å². The Hall–Kier alpha value is -3.30. The van der Waals surface area contributed by atoms with E-state index in [4.69, 9.17) is 11.6 Å². The van der Waals surface area contributed by atoms with Crippen molar-refractivity contribution in [1.82, 2.24) is 0 Å². The van der Waals surface area contributed by atoms with Crippen molar-refractivity contribution in [2.24, 2.45) is 0 Å². The second kappa shape index (κ2) is 7.36. The third-order valence-electron chi connectivity index (χ3n) is 5.81. The average Bonchev–Trinajstić information content (AvgIpc) is 3.13. The lowest BCUT2D eigenvalue weighted by molar-refractivity contribution is -0.123. The van der Waals surface area contributed by atoms with Gasteiger partial charge in [0.2, 0.25) is 5.91 Å². The number of rotatable bonds is 3. The molecule has 0 aliphatic carbocycles. The first kappa shape index (κ1) is 21.5. The molecule has 6 nitrogen and oxygen atoms in total. The molecule has 0 unspecified atom stereocenters. The summed E-state index contributed by atoms with van der Waals surface area (Å²) in [5, 5.41) is -0.324. The Morgan fingerprint density at radius 3 is 2.45 bits per heavy atom. The number of hydrogen-bond donors (Lipinski definition) is 0. The molecule has 1 fully saturated rings. The molecule has 2 aliphatic heterocycles. The summed E-state index contributed by atoms with van der Waals surface area (Å²) >= 11 is 5.90. The third kappa shape index (κ3) is 2.99. The first-order chi connectivity index (χ1) is 15.7. The Labute approximate surface area is 192 Å². The molecule has 1 saturated heterocycles. The third-order valence-corrected chi connectivity index (χ3v) is 8.21. The number of benzene rings is 3. The van der Waals surface area contributed by atoms with Crippen LogP contribution in [0.1, 0.15) is 11.1 Å². The van der Waals surface area contributed by atoms with Crippen LogP contribution < -0.4 is 9.80 Å². The molecule has 2 heterocycles. The lowest BCUT2D eigenvalue weighted by Gasteiger charge is -2.32. The molecule has 1 spiro atoms. The van der Waals surface area contributed by atoms with Crippen molar-refractivity contribution in [2.75, 3.05) is 15.6 Å². The minimum absolute atomic E-state index is 0.0248. The number of hydrogen-bond acceptors (Lipinski definition) is 4. The van der Waals surface area contributed by atoms with Gasteiger partial charge in [-0.1, -0.05) is 41.9 Å². The van der Waals surface area contributed by atoms with Gasteiger partial charge < -0.3 is 4.90 Å². The fourth-order valence-corrected chi connectivity index (χ4v) is 6.70. The number of amides is 2. The number of sulfone groups is 1. The highest BCUT2D eigenvalue weighted by Crippen LogP contribution is 2.53. The molecule has 0 radical (unpaired) electrons. The van der Waals surface area contributed by atoms with Crippen molar-refractivity contribution >= 4 is 44.6 Å². The van der Waals surface area contributed by atoms with Crippen LogP contribution in [0.15, 0.2) is 66.7 Å². The van der Waals surface area contributed by atoms with Gasteiger partial charge in [0.05, 0.1) is 17.3 Å². The van der Waals surface area contributed by atoms with Crippen molar-refractivity contribution in [3.8, 4) is 0 Å². The number of halogens is 3. The average molecular weight is 489 g/mol. The zero-order chi connectivity index (χ0) is 23.5. The molecule has 3 aromatic carbocycles. The van der Waals surface area contributed by atoms with E-state index in [0.29, 0.717) is 5.56 Å². The van der Waals surface area contributed by atoms with Crippen LogP contribution in [0.2, 0.25) is 5.02 Å². The molecular weight excluding hydrogens is 474 g/mol. The molecule has 1 atom stereocenters. The normalized spacial score (nSPS) is 21.2. The predicted octanol–water partition coefficient (Wildman–Crippen LogP) is 3.78. The van der Waals surface area contributed by atoms with Gasteiger partial charge in [-0.15, -0.1) is 0 Å². The van der Waals surface area contributed by atoms with Crippen LogP contribution >= 0.6 is 11.6 Å². The minimum atomic E-state index is -4.38. The maximum Gasteiger partial charge on any atom is 0.274 e. The van der Waals surface area contributed by atoms with Crippen LogP contribution in [0.25, 0.3) is 0 Å². The van der Waals surface area contributed by atoms with Crippen molar-refractivity contribution in [3.05, 3.63) is 94.5 Å². The Morgan fingerprint density at radius 2 is 1.73 bits per heavy atom. The largest absolute Gasteiger partial charge is 0.304 e. The molecule has 3 aromatic rings. The van der Waals surface area contributed by atoms with Crippen LogP contribution in [0.5, 0.6) is 0 Å². The maximum atomic E-state index is 13.9. The highest BCUT2D eigenvalue weighted by atomic mass is 35.5. The molecule has 10 heteroatoms. The van der Waals surface area contributed by atoms with Gasteiger partial charge in [0.15, 0.2) is 9.84 Å². The van der Waals surface area contributed by atoms with Crippen LogP contribution in [0.3, 0.4) is 0 Å². The van der Waals surface area contributed by atoms with Crippen molar-refractivity contribution in [3.63, 3.8) is 0 Å². The fraction of sp³-hybridized carbons (Fsp3) is 0.130. The Balaban J connectivity index is 1.74. The summed E-state index contributed by atoms with van der Waals surface area (Å²) in [5.41, 5.74) is 0.789. The van der Waals surface area contributed by atoms with Crippen LogP contribution in [-0.4, -0.2) is 26.0 Å². The van der Waals surface area contributed by atoms with Gasteiger partial charge in [-0.05, 0) is 42.0 Å². The molecule has 33 heavy (non-hydrogen) atoms. The van der Waals surface area contributed by atoms with E-state index in [1.54, 1.807) is 24.3 Å². The summed E-state index contributed by atoms with van der Waals surface area (Å²) in [5.74, 6) is -3.88. The molecule has 2 aliphatic rings. The molecular formula is C23H15ClF2N2O4S. The molecule has 0 N–H and O–H groups in total. The highest BCUT2D eigenvalue weighted by Gasteiger charge is 2.69. The van der Waals surface area contributed by atoms with Gasteiger partial charge in [-0.25, -0.2) is 17.2 Å². The number of fused-ring (bicyclic) bond motifs is 2. The van der Waals surface area contributed by atoms with E-state index in [1.807, 2.05) is 0 Å². The number of anilines is 2. The Kier molecular flexibility index (Phi) is 4.80. The number of carbonyl (C=O) groups excluding carboxylic acids is 2. The van der Waals surface area contributed by atoms with Crippen molar-refractivity contribution < 1.29 is 26.8 Å². The molecule has 0 saturated carbocycles. The Morgan fingerprint density at radius 1 is 0.970 bits per heavy atom. The van der Waals surface area contributed by atoms with Gasteiger partial charge in [-0.2, -0.15) is 0 Å². The summed E-state index contributed by atoms with van der Waals surface area (Å²) in [6.07, 6.45) is 0. The van der Waals surface area contributed by atoms with E-state index in [1.165, 1.54) is 35.2 Å². The van der Waals surface area contributed by atoms with Crippen LogP contribution in [-0.2, 0) is 30.8 Å². The van der Waals surface area contributed by atoms with E-state index in [9.17, 15) is 26.8 Å². The van der Waals surface area contributed by atoms with E-state index >= 15 is 0 Å². The van der Waals surface area contributed by atoms with Crippen molar-refractivity contribution in [2.45, 2.75) is 11.4 Å². The minimum Gasteiger partial charge on any atom is -0.304 e. The zero-order valence-electron chi connectivity index (χ0n) is 16.8. The molecule has 5 rings (SSSR count). The van der Waals surface area contributed by atoms with E-state index in [2.05, 4.69) is 0 Å². The van der Waals surface area contributed by atoms with Gasteiger partial charge >= 0.3 is 0 Å². The monoisotopic (exact) mass is 488 g/mol. The zero-order valence-corrected chi connectivity index (χ0v) is 18.4. The summed E-state index contributed by atoms with van der Waals surface area (Å²) in [7, 11) is -4.38. The molecule has 168 valence electrons. The summed E-state index contributed by atoms with van der Waals surface area (Å²) in [4.78, 5) is 26.6. The first-order valence-electron chi connectivity index (χ1n) is 9.83. The van der Waals surface area contributed by atoms with Gasteiger partial charge in [-0.3, -0.25) is 14.5 Å². The molecule has 0 bridgehead atoms. The van der Waals surface area contributed by atoms with Gasteiger partial charge in [0.1, 0.15) is 17.4 Å². The van der Waals surface area contributed by atoms with Crippen LogP contribution in [0, 0.1) is 11.6 Å². The second-order valence-electron chi connectivity index (χ2n) is 7.77. The second-order valence-corrected chi connectivity index (χ2v) is 10.3. The lowest BCUT2D eigenvalue weighted by Crippen LogP contribution is -2.54. The first-order valence-corrected chi connectivity index (χ1v) is 11.9. The lowest BCUT2D eigenvalue weighted by atomic mass is 10.0. The maximum absolute atomic E-state index is 13.9. The summed E-state index contributed by atoms with van der Waals surface area (Å²) in [6, 6.07) is 15.1. The SMILES string of the molecule is O=C1CS(=O)(=O)[C@@]2(C(=O)N(Cc3cccc(F)c3)c3ccccc32)N1c1ccc(F)c(Cl)c1. The van der Waals surface area contributed by atoms with E-state index < -0.39 is 43.9 Å². The summed E-state index contributed by atoms with van der Waals surface area (Å²) < 4.78 is 54.5. The molecule has 0 aromatic heterocycles. The predicted molar refractivity (Wildman–Crippen MR) is 118 cm³/mol. The number of carbonyl (C=O) groups is 2. The van der Waals surface area contributed by atoms with Gasteiger partial charge in [0.25, 0.3) is 10.8 Å². The fourth-order valence-electron chi connectivity index (χ4n) is 4.49. The summed E-state index contributed by atoms with van der Waals surface area (Å²) in [6.45, 7) is -0.114. The van der Waals surface area contributed by atoms with E-state index in [-0.39, 0.29) is 28.5 Å². The topological polar surface area (TPSA) is 74.8 Å². The highest BCUT2D eigenvalue weighted by molar-refractivity contribution is 7.94.